The zero-order valence-corrected chi connectivity index (χ0v) is 11.6. The van der Waals surface area contributed by atoms with Gasteiger partial charge in [0.15, 0.2) is 0 Å². The van der Waals surface area contributed by atoms with E-state index in [4.69, 9.17) is 11.5 Å². The lowest BCUT2D eigenvalue weighted by Gasteiger charge is -2.20. The molecule has 0 aliphatic rings. The van der Waals surface area contributed by atoms with Gasteiger partial charge in [0.05, 0.1) is 12.1 Å². The van der Waals surface area contributed by atoms with Crippen LogP contribution in [-0.4, -0.2) is 35.1 Å². The van der Waals surface area contributed by atoms with Crippen LogP contribution in [0.1, 0.15) is 29.3 Å². The molecule has 106 valence electrons. The van der Waals surface area contributed by atoms with E-state index in [1.165, 1.54) is 17.0 Å². The number of aryl methyl sites for hydroxylation is 1. The molecule has 1 aromatic carbocycles. The second kappa shape index (κ2) is 7.19. The average Bonchev–Trinajstić information content (AvgIpc) is 2.40. The fourth-order valence-electron chi connectivity index (χ4n) is 1.72. The molecule has 0 saturated carbocycles. The summed E-state index contributed by atoms with van der Waals surface area (Å²) in [6, 6.07) is 4.27. The molecule has 0 radical (unpaired) electrons. The number of aromatic carboxylic acids is 1. The molecule has 0 aliphatic heterocycles. The van der Waals surface area contributed by atoms with Gasteiger partial charge in [0, 0.05) is 12.2 Å². The van der Waals surface area contributed by atoms with Crippen molar-refractivity contribution in [1.82, 2.24) is 4.90 Å². The Bertz CT molecular complexity index is 547. The molecule has 1 aromatic rings. The van der Waals surface area contributed by atoms with Crippen LogP contribution in [0, 0.1) is 19.3 Å². The standard InChI is InChI=1S/C15H18N2O3/c1-4-8-17(9-5-2)15(20)16-13-10-12(14(18)19)7-6-11(13)3/h1,6-7,10H,5,8-9H2,2-3H3,(H,16,20)(H,18,19). The van der Waals surface area contributed by atoms with Crippen molar-refractivity contribution in [1.29, 1.82) is 0 Å². The van der Waals surface area contributed by atoms with Crippen molar-refractivity contribution in [3.8, 4) is 12.3 Å². The van der Waals surface area contributed by atoms with Crippen molar-refractivity contribution in [3.05, 3.63) is 29.3 Å². The Morgan fingerprint density at radius 3 is 2.70 bits per heavy atom. The highest BCUT2D eigenvalue weighted by Crippen LogP contribution is 2.17. The highest BCUT2D eigenvalue weighted by Gasteiger charge is 2.14. The number of carboxylic acid groups (broad SMARTS) is 1. The molecule has 5 heteroatoms. The maximum absolute atomic E-state index is 12.1. The van der Waals surface area contributed by atoms with Gasteiger partial charge in [-0.15, -0.1) is 6.42 Å². The summed E-state index contributed by atoms with van der Waals surface area (Å²) >= 11 is 0. The van der Waals surface area contributed by atoms with Gasteiger partial charge >= 0.3 is 12.0 Å². The topological polar surface area (TPSA) is 69.6 Å². The molecule has 2 N–H and O–H groups in total. The third kappa shape index (κ3) is 4.02. The van der Waals surface area contributed by atoms with Crippen molar-refractivity contribution >= 4 is 17.7 Å². The summed E-state index contributed by atoms with van der Waals surface area (Å²) in [5.74, 6) is 1.40. The number of terminal acetylenes is 1. The first-order valence-electron chi connectivity index (χ1n) is 6.33. The second-order valence-electron chi connectivity index (χ2n) is 4.39. The minimum atomic E-state index is -1.03. The highest BCUT2D eigenvalue weighted by atomic mass is 16.4. The molecular formula is C15H18N2O3. The van der Waals surface area contributed by atoms with Gasteiger partial charge in [0.25, 0.3) is 0 Å². The fourth-order valence-corrected chi connectivity index (χ4v) is 1.72. The van der Waals surface area contributed by atoms with E-state index in [0.29, 0.717) is 12.2 Å². The van der Waals surface area contributed by atoms with Crippen LogP contribution in [0.3, 0.4) is 0 Å². The highest BCUT2D eigenvalue weighted by molar-refractivity contribution is 5.94. The van der Waals surface area contributed by atoms with Gasteiger partial charge in [0.2, 0.25) is 0 Å². The normalized spacial score (nSPS) is 9.65. The second-order valence-corrected chi connectivity index (χ2v) is 4.39. The van der Waals surface area contributed by atoms with Gasteiger partial charge in [-0.3, -0.25) is 0 Å². The number of nitrogens with zero attached hydrogens (tertiary/aromatic N) is 1. The lowest BCUT2D eigenvalue weighted by Crippen LogP contribution is -2.36. The number of urea groups is 1. The Kier molecular flexibility index (Phi) is 5.60. The SMILES string of the molecule is C#CCN(CCC)C(=O)Nc1cc(C(=O)O)ccc1C. The average molecular weight is 274 g/mol. The molecule has 0 spiro atoms. The molecule has 20 heavy (non-hydrogen) atoms. The number of anilines is 1. The summed E-state index contributed by atoms with van der Waals surface area (Å²) in [4.78, 5) is 24.5. The minimum absolute atomic E-state index is 0.130. The molecule has 0 bridgehead atoms. The maximum Gasteiger partial charge on any atom is 0.335 e. The molecule has 0 saturated heterocycles. The van der Waals surface area contributed by atoms with Crippen molar-refractivity contribution in [2.45, 2.75) is 20.3 Å². The van der Waals surface area contributed by atoms with Crippen LogP contribution in [0.2, 0.25) is 0 Å². The summed E-state index contributed by atoms with van der Waals surface area (Å²) in [7, 11) is 0. The van der Waals surface area contributed by atoms with Gasteiger partial charge in [-0.1, -0.05) is 18.9 Å². The summed E-state index contributed by atoms with van der Waals surface area (Å²) < 4.78 is 0. The molecule has 5 nitrogen and oxygen atoms in total. The smallest absolute Gasteiger partial charge is 0.335 e. The summed E-state index contributed by atoms with van der Waals surface area (Å²) in [5.41, 5.74) is 1.40. The number of nitrogens with one attached hydrogen (secondary N) is 1. The molecule has 0 aliphatic carbocycles. The van der Waals surface area contributed by atoms with E-state index in [2.05, 4.69) is 11.2 Å². The Morgan fingerprint density at radius 2 is 2.15 bits per heavy atom. The number of amides is 2. The predicted molar refractivity (Wildman–Crippen MR) is 77.9 cm³/mol. The molecule has 0 unspecified atom stereocenters. The maximum atomic E-state index is 12.1. The van der Waals surface area contributed by atoms with E-state index in [-0.39, 0.29) is 18.1 Å². The van der Waals surface area contributed by atoms with Gasteiger partial charge < -0.3 is 15.3 Å². The molecular weight excluding hydrogens is 256 g/mol. The summed E-state index contributed by atoms with van der Waals surface area (Å²) in [5, 5.41) is 11.7. The number of carboxylic acids is 1. The molecule has 0 atom stereocenters. The number of benzene rings is 1. The zero-order chi connectivity index (χ0) is 15.1. The van der Waals surface area contributed by atoms with E-state index in [1.807, 2.05) is 6.92 Å². The lowest BCUT2D eigenvalue weighted by atomic mass is 10.1. The first-order chi connectivity index (χ1) is 9.49. The van der Waals surface area contributed by atoms with Crippen molar-refractivity contribution in [3.63, 3.8) is 0 Å². The number of carbonyl (C=O) groups is 2. The van der Waals surface area contributed by atoms with Crippen LogP contribution in [-0.2, 0) is 0 Å². The molecule has 1 rings (SSSR count). The third-order valence-corrected chi connectivity index (χ3v) is 2.79. The summed E-state index contributed by atoms with van der Waals surface area (Å²) in [6.45, 7) is 4.52. The van der Waals surface area contributed by atoms with Crippen molar-refractivity contribution in [2.24, 2.45) is 0 Å². The Hall–Kier alpha value is -2.48. The van der Waals surface area contributed by atoms with E-state index in [9.17, 15) is 9.59 Å². The first-order valence-corrected chi connectivity index (χ1v) is 6.33. The first kappa shape index (κ1) is 15.6. The number of hydrogen-bond donors (Lipinski definition) is 2. The quantitative estimate of drug-likeness (QED) is 0.811. The largest absolute Gasteiger partial charge is 0.478 e. The van der Waals surface area contributed by atoms with Crippen LogP contribution < -0.4 is 5.32 Å². The lowest BCUT2D eigenvalue weighted by molar-refractivity contribution is 0.0697. The molecule has 0 aromatic heterocycles. The van der Waals surface area contributed by atoms with E-state index < -0.39 is 5.97 Å². The summed E-state index contributed by atoms with van der Waals surface area (Å²) in [6.07, 6.45) is 6.03. The van der Waals surface area contributed by atoms with Gasteiger partial charge in [-0.05, 0) is 31.0 Å². The Balaban J connectivity index is 2.91. The Morgan fingerprint density at radius 1 is 1.45 bits per heavy atom. The monoisotopic (exact) mass is 274 g/mol. The molecule has 0 heterocycles. The van der Waals surface area contributed by atoms with Crippen LogP contribution in [0.15, 0.2) is 18.2 Å². The number of hydrogen-bond acceptors (Lipinski definition) is 2. The number of carbonyl (C=O) groups excluding carboxylic acids is 1. The van der Waals surface area contributed by atoms with Crippen LogP contribution in [0.5, 0.6) is 0 Å². The van der Waals surface area contributed by atoms with Crippen LogP contribution >= 0.6 is 0 Å². The number of rotatable bonds is 5. The van der Waals surface area contributed by atoms with Gasteiger partial charge in [-0.2, -0.15) is 0 Å². The van der Waals surface area contributed by atoms with Crippen molar-refractivity contribution < 1.29 is 14.7 Å². The van der Waals surface area contributed by atoms with Crippen molar-refractivity contribution in [2.75, 3.05) is 18.4 Å². The molecule has 0 fully saturated rings. The third-order valence-electron chi connectivity index (χ3n) is 2.79. The van der Waals surface area contributed by atoms with Crippen LogP contribution in [0.25, 0.3) is 0 Å². The zero-order valence-electron chi connectivity index (χ0n) is 11.6. The van der Waals surface area contributed by atoms with Gasteiger partial charge in [0.1, 0.15) is 0 Å². The van der Waals surface area contributed by atoms with Gasteiger partial charge in [-0.25, -0.2) is 9.59 Å². The van der Waals surface area contributed by atoms with E-state index >= 15 is 0 Å². The fraction of sp³-hybridized carbons (Fsp3) is 0.333. The predicted octanol–water partition coefficient (Wildman–Crippen LogP) is 2.57. The van der Waals surface area contributed by atoms with E-state index in [0.717, 1.165) is 12.0 Å². The minimum Gasteiger partial charge on any atom is -0.478 e. The molecule has 2 amide bonds. The van der Waals surface area contributed by atoms with E-state index in [1.54, 1.807) is 13.0 Å². The Labute approximate surface area is 118 Å². The van der Waals surface area contributed by atoms with Crippen LogP contribution in [0.4, 0.5) is 10.5 Å².